The number of rotatable bonds is 5. The zero-order valence-corrected chi connectivity index (χ0v) is 14.8. The Hall–Kier alpha value is -2.86. The minimum absolute atomic E-state index is 0.126. The first kappa shape index (κ1) is 17.0. The third-order valence-corrected chi connectivity index (χ3v) is 4.31. The minimum Gasteiger partial charge on any atom is -0.481 e. The molecule has 2 N–H and O–H groups in total. The predicted octanol–water partition coefficient (Wildman–Crippen LogP) is 3.84. The topological polar surface area (TPSA) is 73.9 Å². The summed E-state index contributed by atoms with van der Waals surface area (Å²) in [6, 6.07) is 20.6. The Morgan fingerprint density at radius 2 is 1.72 bits per heavy atom. The van der Waals surface area contributed by atoms with Crippen LogP contribution in [0.3, 0.4) is 0 Å². The quantitative estimate of drug-likeness (QED) is 0.306. The summed E-state index contributed by atoms with van der Waals surface area (Å²) < 4.78 is 6.30. The summed E-state index contributed by atoms with van der Waals surface area (Å²) in [4.78, 5) is 16.6. The average molecular weight is 399 g/mol. The van der Waals surface area contributed by atoms with E-state index in [1.165, 1.54) is 0 Å². The van der Waals surface area contributed by atoms with Crippen LogP contribution in [0.15, 0.2) is 76.4 Å². The molecule has 0 radical (unpaired) electrons. The molecule has 126 valence electrons. The fourth-order valence-corrected chi connectivity index (χ4v) is 2.86. The number of oxime groups is 1. The highest BCUT2D eigenvalue weighted by Gasteiger charge is 2.10. The fourth-order valence-electron chi connectivity index (χ4n) is 2.25. The molecule has 0 fully saturated rings. The van der Waals surface area contributed by atoms with Crippen LogP contribution in [0.1, 0.15) is 5.56 Å². The van der Waals surface area contributed by atoms with E-state index >= 15 is 0 Å². The Labute approximate surface area is 153 Å². The van der Waals surface area contributed by atoms with Gasteiger partial charge in [0.15, 0.2) is 12.4 Å². The van der Waals surface area contributed by atoms with E-state index in [1.807, 2.05) is 48.5 Å². The van der Waals surface area contributed by atoms with Crippen molar-refractivity contribution in [2.45, 2.75) is 0 Å². The van der Waals surface area contributed by atoms with Crippen LogP contribution in [-0.2, 0) is 9.63 Å². The molecule has 0 saturated heterocycles. The van der Waals surface area contributed by atoms with Crippen molar-refractivity contribution in [2.24, 2.45) is 10.9 Å². The molecule has 0 aromatic heterocycles. The van der Waals surface area contributed by atoms with Gasteiger partial charge in [-0.15, -0.1) is 0 Å². The van der Waals surface area contributed by atoms with E-state index < -0.39 is 5.97 Å². The highest BCUT2D eigenvalue weighted by molar-refractivity contribution is 9.10. The zero-order valence-electron chi connectivity index (χ0n) is 13.2. The maximum Gasteiger partial charge on any atom is 0.372 e. The van der Waals surface area contributed by atoms with E-state index in [0.717, 1.165) is 15.2 Å². The molecule has 0 saturated carbocycles. The number of hydrogen-bond donors (Lipinski definition) is 1. The van der Waals surface area contributed by atoms with Gasteiger partial charge in [-0.05, 0) is 32.8 Å². The second-order valence-electron chi connectivity index (χ2n) is 5.19. The highest BCUT2D eigenvalue weighted by atomic mass is 79.9. The number of nitrogens with two attached hydrogens (primary N) is 1. The number of nitrogens with zero attached hydrogens (tertiary/aromatic N) is 1. The number of benzene rings is 3. The van der Waals surface area contributed by atoms with Crippen molar-refractivity contribution in [1.82, 2.24) is 0 Å². The van der Waals surface area contributed by atoms with E-state index in [9.17, 15) is 4.79 Å². The molecule has 0 aliphatic rings. The Kier molecular flexibility index (Phi) is 5.30. The average Bonchev–Trinajstić information content (AvgIpc) is 2.66. The second kappa shape index (κ2) is 7.81. The molecular formula is C19H15BrN2O3. The van der Waals surface area contributed by atoms with Crippen LogP contribution in [0, 0.1) is 0 Å². The number of halogens is 1. The standard InChI is InChI=1S/C19H15BrN2O3/c20-18-15-9-5-4-6-13(15)10-11-16(18)24-12-17(23)25-22-19(21)14-7-2-1-3-8-14/h1-11H,12H2,(H2,21,22). The molecule has 0 aliphatic carbocycles. The Balaban J connectivity index is 1.62. The molecule has 3 aromatic rings. The molecule has 0 heterocycles. The summed E-state index contributed by atoms with van der Waals surface area (Å²) in [5.41, 5.74) is 6.44. The summed E-state index contributed by atoms with van der Waals surface area (Å²) in [5.74, 6) is 0.0374. The normalized spacial score (nSPS) is 11.3. The minimum atomic E-state index is -0.640. The van der Waals surface area contributed by atoms with Crippen LogP contribution in [0.5, 0.6) is 5.75 Å². The molecule has 3 aromatic carbocycles. The predicted molar refractivity (Wildman–Crippen MR) is 100 cm³/mol. The number of carbonyl (C=O) groups is 1. The Morgan fingerprint density at radius 3 is 2.52 bits per heavy atom. The van der Waals surface area contributed by atoms with Gasteiger partial charge in [0.25, 0.3) is 0 Å². The first-order valence-electron chi connectivity index (χ1n) is 7.54. The van der Waals surface area contributed by atoms with Crippen molar-refractivity contribution in [3.8, 4) is 5.75 Å². The van der Waals surface area contributed by atoms with Gasteiger partial charge in [0.2, 0.25) is 0 Å². The van der Waals surface area contributed by atoms with Crippen molar-refractivity contribution < 1.29 is 14.4 Å². The van der Waals surface area contributed by atoms with Crippen molar-refractivity contribution in [3.05, 3.63) is 76.8 Å². The van der Waals surface area contributed by atoms with Crippen LogP contribution in [0.4, 0.5) is 0 Å². The molecule has 5 nitrogen and oxygen atoms in total. The van der Waals surface area contributed by atoms with Gasteiger partial charge >= 0.3 is 5.97 Å². The van der Waals surface area contributed by atoms with Crippen molar-refractivity contribution in [3.63, 3.8) is 0 Å². The largest absolute Gasteiger partial charge is 0.481 e. The monoisotopic (exact) mass is 398 g/mol. The SMILES string of the molecule is N/C(=N\OC(=O)COc1ccc2ccccc2c1Br)c1ccccc1. The lowest BCUT2D eigenvalue weighted by atomic mass is 10.1. The highest BCUT2D eigenvalue weighted by Crippen LogP contribution is 2.32. The van der Waals surface area contributed by atoms with E-state index in [-0.39, 0.29) is 12.4 Å². The fraction of sp³-hybridized carbons (Fsp3) is 0.0526. The number of carbonyl (C=O) groups excluding carboxylic acids is 1. The van der Waals surface area contributed by atoms with E-state index in [0.29, 0.717) is 11.3 Å². The summed E-state index contributed by atoms with van der Waals surface area (Å²) in [6.07, 6.45) is 0. The van der Waals surface area contributed by atoms with Crippen LogP contribution >= 0.6 is 15.9 Å². The summed E-state index contributed by atoms with van der Waals surface area (Å²) in [7, 11) is 0. The summed E-state index contributed by atoms with van der Waals surface area (Å²) in [5, 5.41) is 5.71. The molecule has 0 bridgehead atoms. The molecule has 0 spiro atoms. The smallest absolute Gasteiger partial charge is 0.372 e. The molecule has 25 heavy (non-hydrogen) atoms. The van der Waals surface area contributed by atoms with Gasteiger partial charge in [-0.25, -0.2) is 4.79 Å². The second-order valence-corrected chi connectivity index (χ2v) is 5.99. The van der Waals surface area contributed by atoms with E-state index in [4.69, 9.17) is 15.3 Å². The first-order valence-corrected chi connectivity index (χ1v) is 8.33. The first-order chi connectivity index (χ1) is 12.1. The van der Waals surface area contributed by atoms with Gasteiger partial charge in [0.1, 0.15) is 5.75 Å². The van der Waals surface area contributed by atoms with E-state index in [1.54, 1.807) is 18.2 Å². The van der Waals surface area contributed by atoms with Gasteiger partial charge in [0.05, 0.1) is 4.47 Å². The van der Waals surface area contributed by atoms with Gasteiger partial charge in [0, 0.05) is 5.56 Å². The molecule has 0 amide bonds. The van der Waals surface area contributed by atoms with Gasteiger partial charge in [-0.3, -0.25) is 0 Å². The maximum atomic E-state index is 11.8. The number of amidine groups is 1. The molecule has 0 aliphatic heterocycles. The third kappa shape index (κ3) is 4.16. The number of fused-ring (bicyclic) bond motifs is 1. The molecule has 0 unspecified atom stereocenters. The van der Waals surface area contributed by atoms with Crippen molar-refractivity contribution >= 4 is 38.5 Å². The van der Waals surface area contributed by atoms with Crippen molar-refractivity contribution in [1.29, 1.82) is 0 Å². The lowest BCUT2D eigenvalue weighted by Gasteiger charge is -2.09. The molecule has 3 rings (SSSR count). The van der Waals surface area contributed by atoms with Crippen LogP contribution in [-0.4, -0.2) is 18.4 Å². The van der Waals surface area contributed by atoms with Gasteiger partial charge < -0.3 is 15.3 Å². The van der Waals surface area contributed by atoms with Crippen LogP contribution in [0.2, 0.25) is 0 Å². The molecule has 0 atom stereocenters. The Morgan fingerprint density at radius 1 is 1.00 bits per heavy atom. The molecule has 6 heteroatoms. The zero-order chi connectivity index (χ0) is 17.6. The van der Waals surface area contributed by atoms with Gasteiger partial charge in [-0.1, -0.05) is 65.8 Å². The number of ether oxygens (including phenoxy) is 1. The van der Waals surface area contributed by atoms with Crippen LogP contribution in [0.25, 0.3) is 10.8 Å². The number of hydrogen-bond acceptors (Lipinski definition) is 4. The summed E-state index contributed by atoms with van der Waals surface area (Å²) in [6.45, 7) is -0.275. The van der Waals surface area contributed by atoms with E-state index in [2.05, 4.69) is 21.1 Å². The summed E-state index contributed by atoms with van der Waals surface area (Å²) >= 11 is 3.50. The lowest BCUT2D eigenvalue weighted by molar-refractivity contribution is -0.146. The van der Waals surface area contributed by atoms with Crippen LogP contribution < -0.4 is 10.5 Å². The third-order valence-electron chi connectivity index (χ3n) is 3.49. The van der Waals surface area contributed by atoms with Crippen molar-refractivity contribution in [2.75, 3.05) is 6.61 Å². The molecular weight excluding hydrogens is 384 g/mol. The maximum absolute atomic E-state index is 11.8. The Bertz CT molecular complexity index is 926. The van der Waals surface area contributed by atoms with Gasteiger partial charge in [-0.2, -0.15) is 0 Å². The lowest BCUT2D eigenvalue weighted by Crippen LogP contribution is -2.18.